The maximum Gasteiger partial charge on any atom is 0.123 e. The van der Waals surface area contributed by atoms with E-state index in [0.29, 0.717) is 0 Å². The molecule has 1 atom stereocenters. The molecular weight excluding hydrogens is 269 g/mol. The SMILES string of the molecule is CCNC(c1csc(C)c1)C(C)(C)c1ccc(F)cc1. The summed E-state index contributed by atoms with van der Waals surface area (Å²) in [6.07, 6.45) is 0. The summed E-state index contributed by atoms with van der Waals surface area (Å²) in [5, 5.41) is 5.79. The molecule has 2 rings (SSSR count). The zero-order valence-electron chi connectivity index (χ0n) is 12.5. The minimum absolute atomic E-state index is 0.1000. The van der Waals surface area contributed by atoms with Crippen LogP contribution in [0.15, 0.2) is 35.7 Å². The third-order valence-corrected chi connectivity index (χ3v) is 4.68. The van der Waals surface area contributed by atoms with Crippen LogP contribution in [0.2, 0.25) is 0 Å². The third-order valence-electron chi connectivity index (χ3n) is 3.80. The highest BCUT2D eigenvalue weighted by atomic mass is 32.1. The predicted octanol–water partition coefficient (Wildman–Crippen LogP) is 4.82. The first-order valence-electron chi connectivity index (χ1n) is 6.99. The Hall–Kier alpha value is -1.19. The standard InChI is InChI=1S/C17H22FNS/c1-5-19-16(13-10-12(2)20-11-13)17(3,4)14-6-8-15(18)9-7-14/h6-11,16,19H,5H2,1-4H3. The van der Waals surface area contributed by atoms with Gasteiger partial charge in [0.1, 0.15) is 5.82 Å². The maximum absolute atomic E-state index is 13.1. The molecule has 1 heterocycles. The Morgan fingerprint density at radius 2 is 1.90 bits per heavy atom. The van der Waals surface area contributed by atoms with Crippen LogP contribution in [0.25, 0.3) is 0 Å². The maximum atomic E-state index is 13.1. The van der Waals surface area contributed by atoms with Crippen LogP contribution in [0.5, 0.6) is 0 Å². The van der Waals surface area contributed by atoms with Crippen LogP contribution in [-0.4, -0.2) is 6.54 Å². The lowest BCUT2D eigenvalue weighted by Crippen LogP contribution is -2.37. The summed E-state index contributed by atoms with van der Waals surface area (Å²) in [5.74, 6) is -0.184. The average Bonchev–Trinajstić information content (AvgIpc) is 2.82. The van der Waals surface area contributed by atoms with Gasteiger partial charge in [-0.05, 0) is 48.2 Å². The van der Waals surface area contributed by atoms with Crippen molar-refractivity contribution in [1.82, 2.24) is 5.32 Å². The van der Waals surface area contributed by atoms with E-state index in [4.69, 9.17) is 0 Å². The van der Waals surface area contributed by atoms with E-state index in [2.05, 4.69) is 44.5 Å². The van der Waals surface area contributed by atoms with Crippen molar-refractivity contribution in [3.63, 3.8) is 0 Å². The number of thiophene rings is 1. The molecule has 0 saturated heterocycles. The van der Waals surface area contributed by atoms with Crippen molar-refractivity contribution in [2.75, 3.05) is 6.54 Å². The van der Waals surface area contributed by atoms with Crippen molar-refractivity contribution in [3.8, 4) is 0 Å². The molecular formula is C17H22FNS. The van der Waals surface area contributed by atoms with Crippen LogP contribution in [0.3, 0.4) is 0 Å². The molecule has 108 valence electrons. The molecule has 3 heteroatoms. The van der Waals surface area contributed by atoms with E-state index in [0.717, 1.165) is 12.1 Å². The summed E-state index contributed by atoms with van der Waals surface area (Å²) < 4.78 is 13.1. The fraction of sp³-hybridized carbons (Fsp3) is 0.412. The number of halogens is 1. The number of hydrogen-bond donors (Lipinski definition) is 1. The van der Waals surface area contributed by atoms with Gasteiger partial charge >= 0.3 is 0 Å². The van der Waals surface area contributed by atoms with E-state index in [-0.39, 0.29) is 17.3 Å². The normalized spacial score (nSPS) is 13.4. The second-order valence-corrected chi connectivity index (χ2v) is 6.83. The van der Waals surface area contributed by atoms with E-state index < -0.39 is 0 Å². The molecule has 0 fully saturated rings. The predicted molar refractivity (Wildman–Crippen MR) is 84.9 cm³/mol. The molecule has 0 bridgehead atoms. The van der Waals surface area contributed by atoms with Gasteiger partial charge in [-0.1, -0.05) is 32.9 Å². The summed E-state index contributed by atoms with van der Waals surface area (Å²) in [6.45, 7) is 9.57. The van der Waals surface area contributed by atoms with Crippen molar-refractivity contribution < 1.29 is 4.39 Å². The monoisotopic (exact) mass is 291 g/mol. The van der Waals surface area contributed by atoms with Gasteiger partial charge < -0.3 is 5.32 Å². The number of nitrogens with one attached hydrogen (secondary N) is 1. The number of rotatable bonds is 5. The quantitative estimate of drug-likeness (QED) is 0.832. The summed E-state index contributed by atoms with van der Waals surface area (Å²) >= 11 is 1.77. The van der Waals surface area contributed by atoms with E-state index in [1.165, 1.54) is 10.4 Å². The molecule has 1 unspecified atom stereocenters. The van der Waals surface area contributed by atoms with E-state index in [9.17, 15) is 4.39 Å². The van der Waals surface area contributed by atoms with Crippen molar-refractivity contribution in [2.24, 2.45) is 0 Å². The fourth-order valence-electron chi connectivity index (χ4n) is 2.66. The van der Waals surface area contributed by atoms with Crippen LogP contribution in [0.4, 0.5) is 4.39 Å². The van der Waals surface area contributed by atoms with Crippen LogP contribution in [0, 0.1) is 12.7 Å². The number of aryl methyl sites for hydroxylation is 1. The van der Waals surface area contributed by atoms with Gasteiger partial charge in [0, 0.05) is 16.3 Å². The minimum Gasteiger partial charge on any atom is -0.309 e. The Labute approximate surface area is 124 Å². The van der Waals surface area contributed by atoms with Crippen molar-refractivity contribution in [1.29, 1.82) is 0 Å². The molecule has 1 N–H and O–H groups in total. The van der Waals surface area contributed by atoms with Gasteiger partial charge in [0.2, 0.25) is 0 Å². The molecule has 0 aliphatic carbocycles. The zero-order valence-corrected chi connectivity index (χ0v) is 13.4. The average molecular weight is 291 g/mol. The topological polar surface area (TPSA) is 12.0 Å². The molecule has 0 spiro atoms. The molecule has 0 radical (unpaired) electrons. The van der Waals surface area contributed by atoms with E-state index in [1.807, 2.05) is 12.1 Å². The summed E-state index contributed by atoms with van der Waals surface area (Å²) in [4.78, 5) is 1.32. The molecule has 0 saturated carbocycles. The van der Waals surface area contributed by atoms with Gasteiger partial charge in [0.15, 0.2) is 0 Å². The largest absolute Gasteiger partial charge is 0.309 e. The smallest absolute Gasteiger partial charge is 0.123 e. The summed E-state index contributed by atoms with van der Waals surface area (Å²) in [6, 6.07) is 9.32. The van der Waals surface area contributed by atoms with Gasteiger partial charge in [-0.15, -0.1) is 11.3 Å². The highest BCUT2D eigenvalue weighted by Gasteiger charge is 2.32. The number of likely N-dealkylation sites (N-methyl/N-ethyl adjacent to an activating group) is 1. The lowest BCUT2D eigenvalue weighted by Gasteiger charge is -2.35. The van der Waals surface area contributed by atoms with Crippen LogP contribution >= 0.6 is 11.3 Å². The molecule has 0 aliphatic rings. The second kappa shape index (κ2) is 6.06. The van der Waals surface area contributed by atoms with Gasteiger partial charge in [-0.2, -0.15) is 0 Å². The minimum atomic E-state index is -0.184. The van der Waals surface area contributed by atoms with Gasteiger partial charge in [-0.25, -0.2) is 4.39 Å². The van der Waals surface area contributed by atoms with Gasteiger partial charge in [0.05, 0.1) is 0 Å². The van der Waals surface area contributed by atoms with Crippen molar-refractivity contribution >= 4 is 11.3 Å². The molecule has 2 aromatic rings. The third kappa shape index (κ3) is 3.10. The molecule has 1 aromatic carbocycles. The Morgan fingerprint density at radius 3 is 2.40 bits per heavy atom. The Balaban J connectivity index is 2.38. The first-order valence-corrected chi connectivity index (χ1v) is 7.87. The second-order valence-electron chi connectivity index (χ2n) is 5.71. The van der Waals surface area contributed by atoms with Crippen LogP contribution < -0.4 is 5.32 Å². The molecule has 0 amide bonds. The Bertz CT molecular complexity index is 557. The van der Waals surface area contributed by atoms with Crippen LogP contribution in [0.1, 0.15) is 42.8 Å². The first-order chi connectivity index (χ1) is 9.45. The number of hydrogen-bond acceptors (Lipinski definition) is 2. The molecule has 20 heavy (non-hydrogen) atoms. The summed E-state index contributed by atoms with van der Waals surface area (Å²) in [7, 11) is 0. The molecule has 1 aromatic heterocycles. The van der Waals surface area contributed by atoms with Crippen LogP contribution in [-0.2, 0) is 5.41 Å². The van der Waals surface area contributed by atoms with E-state index in [1.54, 1.807) is 23.5 Å². The highest BCUT2D eigenvalue weighted by molar-refractivity contribution is 7.10. The molecule has 0 aliphatic heterocycles. The lowest BCUT2D eigenvalue weighted by atomic mass is 9.75. The summed E-state index contributed by atoms with van der Waals surface area (Å²) in [5.41, 5.74) is 2.36. The first kappa shape index (κ1) is 15.2. The van der Waals surface area contributed by atoms with E-state index >= 15 is 0 Å². The van der Waals surface area contributed by atoms with Crippen molar-refractivity contribution in [2.45, 2.75) is 39.2 Å². The molecule has 1 nitrogen and oxygen atoms in total. The van der Waals surface area contributed by atoms with Crippen molar-refractivity contribution in [3.05, 3.63) is 57.5 Å². The number of benzene rings is 1. The Morgan fingerprint density at radius 1 is 1.25 bits per heavy atom. The van der Waals surface area contributed by atoms with Gasteiger partial charge in [0.25, 0.3) is 0 Å². The zero-order chi connectivity index (χ0) is 14.8. The lowest BCUT2D eigenvalue weighted by molar-refractivity contribution is 0.354. The highest BCUT2D eigenvalue weighted by Crippen LogP contribution is 2.38. The fourth-order valence-corrected chi connectivity index (χ4v) is 3.39. The Kier molecular flexibility index (Phi) is 4.61. The van der Waals surface area contributed by atoms with Gasteiger partial charge in [-0.3, -0.25) is 0 Å².